The van der Waals surface area contributed by atoms with Crippen LogP contribution in [0.1, 0.15) is 51.7 Å². The number of fused-ring (bicyclic) bond motifs is 1. The number of carbonyl (C=O) groups is 2. The Hall–Kier alpha value is -3.54. The van der Waals surface area contributed by atoms with Crippen LogP contribution in [0.5, 0.6) is 11.5 Å². The predicted molar refractivity (Wildman–Crippen MR) is 142 cm³/mol. The molecule has 0 fully saturated rings. The van der Waals surface area contributed by atoms with Crippen LogP contribution in [0, 0.1) is 11.8 Å². The SMILES string of the molecule is CC[C@H](C)CN1C(=O)C2=C(c3ccc(OC)cc3)N(C[C@@H](C)CC)C(=O)C2=C1c1ccc(OC)cc1. The lowest BCUT2D eigenvalue weighted by Crippen LogP contribution is -2.34. The molecule has 0 saturated carbocycles. The molecule has 2 amide bonds. The molecular weight excluding hydrogens is 452 g/mol. The molecule has 36 heavy (non-hydrogen) atoms. The molecule has 2 aromatic carbocycles. The summed E-state index contributed by atoms with van der Waals surface area (Å²) in [5.74, 6) is 1.82. The third-order valence-corrected chi connectivity index (χ3v) is 7.29. The van der Waals surface area contributed by atoms with E-state index in [2.05, 4.69) is 27.7 Å². The lowest BCUT2D eigenvalue weighted by molar-refractivity contribution is -0.124. The number of amides is 2. The van der Waals surface area contributed by atoms with Gasteiger partial charge in [0, 0.05) is 13.1 Å². The molecule has 2 atom stereocenters. The van der Waals surface area contributed by atoms with Crippen molar-refractivity contribution in [3.05, 3.63) is 70.8 Å². The maximum atomic E-state index is 14.1. The van der Waals surface area contributed by atoms with Crippen LogP contribution < -0.4 is 9.47 Å². The van der Waals surface area contributed by atoms with Crippen molar-refractivity contribution in [1.82, 2.24) is 9.80 Å². The van der Waals surface area contributed by atoms with Gasteiger partial charge in [0.25, 0.3) is 11.8 Å². The molecule has 0 spiro atoms. The summed E-state index contributed by atoms with van der Waals surface area (Å²) in [5, 5.41) is 0. The third-order valence-electron chi connectivity index (χ3n) is 7.29. The number of ether oxygens (including phenoxy) is 2. The van der Waals surface area contributed by atoms with Crippen molar-refractivity contribution >= 4 is 23.2 Å². The molecule has 6 heteroatoms. The van der Waals surface area contributed by atoms with E-state index < -0.39 is 0 Å². The summed E-state index contributed by atoms with van der Waals surface area (Å²) in [5.41, 5.74) is 4.07. The minimum absolute atomic E-state index is 0.109. The fourth-order valence-corrected chi connectivity index (χ4v) is 4.72. The smallest absolute Gasteiger partial charge is 0.261 e. The molecule has 0 radical (unpaired) electrons. The Morgan fingerprint density at radius 3 is 1.25 bits per heavy atom. The molecule has 6 nitrogen and oxygen atoms in total. The first kappa shape index (κ1) is 25.5. The summed E-state index contributed by atoms with van der Waals surface area (Å²) >= 11 is 0. The molecule has 0 aromatic heterocycles. The quantitative estimate of drug-likeness (QED) is 0.437. The summed E-state index contributed by atoms with van der Waals surface area (Å²) in [4.78, 5) is 31.8. The van der Waals surface area contributed by atoms with Gasteiger partial charge in [0.05, 0.1) is 36.8 Å². The molecule has 0 bridgehead atoms. The minimum Gasteiger partial charge on any atom is -0.497 e. The van der Waals surface area contributed by atoms with Gasteiger partial charge >= 0.3 is 0 Å². The van der Waals surface area contributed by atoms with E-state index in [1.807, 2.05) is 58.3 Å². The Kier molecular flexibility index (Phi) is 7.53. The Balaban J connectivity index is 1.95. The van der Waals surface area contributed by atoms with Crippen molar-refractivity contribution in [2.75, 3.05) is 27.3 Å². The fraction of sp³-hybridized carbons (Fsp3) is 0.400. The molecule has 0 unspecified atom stereocenters. The molecule has 190 valence electrons. The van der Waals surface area contributed by atoms with Crippen molar-refractivity contribution < 1.29 is 19.1 Å². The van der Waals surface area contributed by atoms with Crippen LogP contribution in [0.15, 0.2) is 59.7 Å². The number of benzene rings is 2. The van der Waals surface area contributed by atoms with Crippen molar-refractivity contribution in [2.45, 2.75) is 40.5 Å². The van der Waals surface area contributed by atoms with E-state index in [1.54, 1.807) is 14.2 Å². The van der Waals surface area contributed by atoms with Gasteiger partial charge in [-0.1, -0.05) is 40.5 Å². The second-order valence-electron chi connectivity index (χ2n) is 9.76. The first-order valence-electron chi connectivity index (χ1n) is 12.8. The number of rotatable bonds is 10. The maximum Gasteiger partial charge on any atom is 0.261 e. The molecule has 2 aliphatic heterocycles. The van der Waals surface area contributed by atoms with Crippen molar-refractivity contribution in [3.63, 3.8) is 0 Å². The van der Waals surface area contributed by atoms with E-state index in [1.165, 1.54) is 0 Å². The Bertz CT molecular complexity index is 1100. The van der Waals surface area contributed by atoms with Crippen LogP contribution >= 0.6 is 0 Å². The second kappa shape index (κ2) is 10.6. The van der Waals surface area contributed by atoms with Crippen LogP contribution in [0.4, 0.5) is 0 Å². The van der Waals surface area contributed by atoms with Crippen LogP contribution in [-0.2, 0) is 9.59 Å². The van der Waals surface area contributed by atoms with Gasteiger partial charge in [0.1, 0.15) is 11.5 Å². The van der Waals surface area contributed by atoms with Crippen LogP contribution in [-0.4, -0.2) is 48.9 Å². The highest BCUT2D eigenvalue weighted by Crippen LogP contribution is 2.47. The molecule has 2 heterocycles. The van der Waals surface area contributed by atoms with Crippen molar-refractivity contribution in [1.29, 1.82) is 0 Å². The van der Waals surface area contributed by atoms with E-state index in [9.17, 15) is 9.59 Å². The van der Waals surface area contributed by atoms with Gasteiger partial charge in [-0.3, -0.25) is 9.59 Å². The highest BCUT2D eigenvalue weighted by molar-refractivity contribution is 6.30. The second-order valence-corrected chi connectivity index (χ2v) is 9.76. The topological polar surface area (TPSA) is 59.1 Å². The van der Waals surface area contributed by atoms with Gasteiger partial charge in [-0.05, 0) is 71.5 Å². The molecule has 0 aliphatic carbocycles. The first-order valence-corrected chi connectivity index (χ1v) is 12.8. The molecular formula is C30H36N2O4. The number of hydrogen-bond donors (Lipinski definition) is 0. The first-order chi connectivity index (χ1) is 17.3. The van der Waals surface area contributed by atoms with Gasteiger partial charge in [0.15, 0.2) is 0 Å². The minimum atomic E-state index is -0.109. The highest BCUT2D eigenvalue weighted by atomic mass is 16.5. The Labute approximate surface area is 214 Å². The van der Waals surface area contributed by atoms with Crippen LogP contribution in [0.3, 0.4) is 0 Å². The predicted octanol–water partition coefficient (Wildman–Crippen LogP) is 5.60. The summed E-state index contributed by atoms with van der Waals surface area (Å²) in [6.07, 6.45) is 1.88. The zero-order valence-electron chi connectivity index (χ0n) is 22.1. The molecule has 4 rings (SSSR count). The van der Waals surface area contributed by atoms with E-state index >= 15 is 0 Å². The van der Waals surface area contributed by atoms with Crippen molar-refractivity contribution in [2.24, 2.45) is 11.8 Å². The average Bonchev–Trinajstić information content (AvgIpc) is 3.34. The van der Waals surface area contributed by atoms with E-state index in [0.29, 0.717) is 35.6 Å². The fourth-order valence-electron chi connectivity index (χ4n) is 4.72. The highest BCUT2D eigenvalue weighted by Gasteiger charge is 2.49. The summed E-state index contributed by atoms with van der Waals surface area (Å²) in [6.45, 7) is 9.61. The Morgan fingerprint density at radius 1 is 0.639 bits per heavy atom. The molecule has 0 N–H and O–H groups in total. The van der Waals surface area contributed by atoms with Gasteiger partial charge in [-0.2, -0.15) is 0 Å². The van der Waals surface area contributed by atoms with Gasteiger partial charge < -0.3 is 19.3 Å². The molecule has 0 saturated heterocycles. The van der Waals surface area contributed by atoms with Crippen LogP contribution in [0.2, 0.25) is 0 Å². The third kappa shape index (κ3) is 4.52. The number of hydrogen-bond acceptors (Lipinski definition) is 4. The lowest BCUT2D eigenvalue weighted by atomic mass is 10.0. The lowest BCUT2D eigenvalue weighted by Gasteiger charge is -2.28. The summed E-state index contributed by atoms with van der Waals surface area (Å²) < 4.78 is 10.7. The summed E-state index contributed by atoms with van der Waals surface area (Å²) in [7, 11) is 3.25. The Morgan fingerprint density at radius 2 is 0.972 bits per heavy atom. The van der Waals surface area contributed by atoms with Crippen LogP contribution in [0.25, 0.3) is 11.4 Å². The monoisotopic (exact) mass is 488 g/mol. The van der Waals surface area contributed by atoms with Gasteiger partial charge in [0.2, 0.25) is 0 Å². The number of methoxy groups -OCH3 is 2. The van der Waals surface area contributed by atoms with E-state index in [-0.39, 0.29) is 23.7 Å². The average molecular weight is 489 g/mol. The normalized spacial score (nSPS) is 17.2. The summed E-state index contributed by atoms with van der Waals surface area (Å²) in [6, 6.07) is 15.2. The molecule has 2 aromatic rings. The molecule has 2 aliphatic rings. The maximum absolute atomic E-state index is 14.1. The largest absolute Gasteiger partial charge is 0.497 e. The standard InChI is InChI=1S/C30H36N2O4/c1-7-19(3)17-31-27(21-9-13-23(35-5)14-10-21)25-26(29(31)33)28(22-11-15-24(36-6)16-12-22)32(30(25)34)18-20(4)8-2/h9-16,19-20H,7-8,17-18H2,1-6H3/t19-,20-/m0/s1. The van der Waals surface area contributed by atoms with Crippen molar-refractivity contribution in [3.8, 4) is 11.5 Å². The number of carbonyl (C=O) groups excluding carboxylic acids is 2. The van der Waals surface area contributed by atoms with E-state index in [0.717, 1.165) is 35.5 Å². The van der Waals surface area contributed by atoms with E-state index in [4.69, 9.17) is 9.47 Å². The van der Waals surface area contributed by atoms with Gasteiger partial charge in [-0.25, -0.2) is 0 Å². The zero-order valence-corrected chi connectivity index (χ0v) is 22.1. The number of nitrogens with zero attached hydrogens (tertiary/aromatic N) is 2. The van der Waals surface area contributed by atoms with Gasteiger partial charge in [-0.15, -0.1) is 0 Å². The zero-order chi connectivity index (χ0) is 26.0.